The second-order valence-corrected chi connectivity index (χ2v) is 4.63. The zero-order valence-electron chi connectivity index (χ0n) is 10.9. The van der Waals surface area contributed by atoms with Crippen molar-refractivity contribution in [3.05, 3.63) is 66.5 Å². The van der Waals surface area contributed by atoms with Gasteiger partial charge in [-0.2, -0.15) is 0 Å². The van der Waals surface area contributed by atoms with Crippen molar-refractivity contribution >= 4 is 10.8 Å². The summed E-state index contributed by atoms with van der Waals surface area (Å²) in [5, 5.41) is 5.62. The van der Waals surface area contributed by atoms with E-state index in [4.69, 9.17) is 0 Å². The number of hydrogen-bond acceptors (Lipinski definition) is 2. The highest BCUT2D eigenvalue weighted by atomic mass is 14.8. The molecule has 2 heteroatoms. The lowest BCUT2D eigenvalue weighted by atomic mass is 9.98. The maximum absolute atomic E-state index is 4.25. The molecule has 3 aromatic rings. The molecule has 94 valence electrons. The van der Waals surface area contributed by atoms with Gasteiger partial charge in [0, 0.05) is 24.3 Å². The first-order chi connectivity index (χ1) is 9.38. The number of benzene rings is 2. The van der Waals surface area contributed by atoms with Gasteiger partial charge in [-0.25, -0.2) is 0 Å². The molecule has 19 heavy (non-hydrogen) atoms. The molecule has 0 aliphatic rings. The molecule has 2 aromatic carbocycles. The zero-order valence-corrected chi connectivity index (χ0v) is 10.9. The number of pyridine rings is 1. The summed E-state index contributed by atoms with van der Waals surface area (Å²) in [5.41, 5.74) is 3.77. The summed E-state index contributed by atoms with van der Waals surface area (Å²) < 4.78 is 0. The van der Waals surface area contributed by atoms with Crippen molar-refractivity contribution in [2.75, 3.05) is 7.05 Å². The van der Waals surface area contributed by atoms with Crippen LogP contribution in [0.5, 0.6) is 0 Å². The molecule has 0 unspecified atom stereocenters. The molecule has 0 radical (unpaired) electrons. The molecule has 3 rings (SSSR count). The van der Waals surface area contributed by atoms with Gasteiger partial charge in [0.15, 0.2) is 0 Å². The van der Waals surface area contributed by atoms with Crippen molar-refractivity contribution in [2.24, 2.45) is 0 Å². The van der Waals surface area contributed by atoms with Crippen molar-refractivity contribution < 1.29 is 0 Å². The van der Waals surface area contributed by atoms with E-state index in [2.05, 4.69) is 58.8 Å². The van der Waals surface area contributed by atoms with Gasteiger partial charge in [-0.05, 0) is 41.3 Å². The number of hydrogen-bond donors (Lipinski definition) is 1. The van der Waals surface area contributed by atoms with Crippen LogP contribution in [0.2, 0.25) is 0 Å². The second-order valence-electron chi connectivity index (χ2n) is 4.63. The molecule has 0 fully saturated rings. The van der Waals surface area contributed by atoms with Crippen LogP contribution in [-0.4, -0.2) is 12.0 Å². The number of rotatable bonds is 3. The molecule has 1 heterocycles. The van der Waals surface area contributed by atoms with Crippen LogP contribution < -0.4 is 5.32 Å². The van der Waals surface area contributed by atoms with Crippen LogP contribution in [-0.2, 0) is 6.54 Å². The van der Waals surface area contributed by atoms with E-state index in [1.165, 1.54) is 27.5 Å². The van der Waals surface area contributed by atoms with E-state index >= 15 is 0 Å². The summed E-state index contributed by atoms with van der Waals surface area (Å²) in [6.07, 6.45) is 3.78. The lowest BCUT2D eigenvalue weighted by Gasteiger charge is -2.08. The number of nitrogens with zero attached hydrogens (tertiary/aromatic N) is 1. The predicted octanol–water partition coefficient (Wildman–Crippen LogP) is 3.62. The third-order valence-electron chi connectivity index (χ3n) is 3.30. The summed E-state index contributed by atoms with van der Waals surface area (Å²) in [6.45, 7) is 0.886. The Kier molecular flexibility index (Phi) is 3.25. The summed E-state index contributed by atoms with van der Waals surface area (Å²) >= 11 is 0. The Balaban J connectivity index is 2.16. The maximum Gasteiger partial charge on any atom is 0.0352 e. The highest BCUT2D eigenvalue weighted by Gasteiger charge is 2.04. The van der Waals surface area contributed by atoms with E-state index in [0.29, 0.717) is 0 Å². The molecule has 1 aromatic heterocycles. The van der Waals surface area contributed by atoms with Crippen molar-refractivity contribution in [3.8, 4) is 11.1 Å². The molecule has 1 N–H and O–H groups in total. The van der Waals surface area contributed by atoms with Crippen LogP contribution in [0.1, 0.15) is 5.56 Å². The first-order valence-electron chi connectivity index (χ1n) is 6.45. The van der Waals surface area contributed by atoms with Crippen molar-refractivity contribution in [2.45, 2.75) is 6.54 Å². The van der Waals surface area contributed by atoms with Gasteiger partial charge in [0.2, 0.25) is 0 Å². The lowest BCUT2D eigenvalue weighted by molar-refractivity contribution is 0.818. The van der Waals surface area contributed by atoms with Crippen LogP contribution >= 0.6 is 0 Å². The van der Waals surface area contributed by atoms with Crippen molar-refractivity contribution in [3.63, 3.8) is 0 Å². The van der Waals surface area contributed by atoms with E-state index in [1.54, 1.807) is 0 Å². The van der Waals surface area contributed by atoms with E-state index < -0.39 is 0 Å². The van der Waals surface area contributed by atoms with E-state index in [9.17, 15) is 0 Å². The average Bonchev–Trinajstić information content (AvgIpc) is 2.47. The van der Waals surface area contributed by atoms with Crippen molar-refractivity contribution in [1.29, 1.82) is 0 Å². The first kappa shape index (κ1) is 11.9. The molecule has 0 bridgehead atoms. The van der Waals surface area contributed by atoms with Crippen LogP contribution in [0.15, 0.2) is 60.9 Å². The predicted molar refractivity (Wildman–Crippen MR) is 79.9 cm³/mol. The van der Waals surface area contributed by atoms with E-state index in [0.717, 1.165) is 6.54 Å². The summed E-state index contributed by atoms with van der Waals surface area (Å²) in [4.78, 5) is 4.25. The topological polar surface area (TPSA) is 24.9 Å². The monoisotopic (exact) mass is 248 g/mol. The quantitative estimate of drug-likeness (QED) is 0.765. The van der Waals surface area contributed by atoms with Gasteiger partial charge in [-0.1, -0.05) is 36.4 Å². The molecule has 0 aliphatic heterocycles. The van der Waals surface area contributed by atoms with Crippen LogP contribution in [0.3, 0.4) is 0 Å². The van der Waals surface area contributed by atoms with Gasteiger partial charge in [0.05, 0.1) is 0 Å². The van der Waals surface area contributed by atoms with E-state index in [1.807, 2.05) is 19.4 Å². The minimum atomic E-state index is 0.886. The third kappa shape index (κ3) is 2.35. The van der Waals surface area contributed by atoms with Crippen molar-refractivity contribution in [1.82, 2.24) is 10.3 Å². The summed E-state index contributed by atoms with van der Waals surface area (Å²) in [6, 6.07) is 17.1. The van der Waals surface area contributed by atoms with Crippen LogP contribution in [0.25, 0.3) is 21.9 Å². The SMILES string of the molecule is CNCc1cccc(-c2cccc3ccncc23)c1. The number of nitrogens with one attached hydrogen (secondary N) is 1. The third-order valence-corrected chi connectivity index (χ3v) is 3.30. The smallest absolute Gasteiger partial charge is 0.0352 e. The van der Waals surface area contributed by atoms with Crippen LogP contribution in [0, 0.1) is 0 Å². The molecular formula is C17H16N2. The van der Waals surface area contributed by atoms with Gasteiger partial charge >= 0.3 is 0 Å². The molecule has 0 spiro atoms. The molecule has 2 nitrogen and oxygen atoms in total. The standard InChI is InChI=1S/C17H16N2/c1-18-11-13-4-2-6-15(10-13)16-7-3-5-14-8-9-19-12-17(14)16/h2-10,12,18H,11H2,1H3. The fraction of sp³-hybridized carbons (Fsp3) is 0.118. The van der Waals surface area contributed by atoms with Gasteiger partial charge in [0.25, 0.3) is 0 Å². The molecule has 0 amide bonds. The van der Waals surface area contributed by atoms with Crippen LogP contribution in [0.4, 0.5) is 0 Å². The Morgan fingerprint density at radius 3 is 2.84 bits per heavy atom. The first-order valence-corrected chi connectivity index (χ1v) is 6.45. The fourth-order valence-corrected chi connectivity index (χ4v) is 2.42. The van der Waals surface area contributed by atoms with Gasteiger partial charge in [0.1, 0.15) is 0 Å². The molecule has 0 atom stereocenters. The Labute approximate surface area is 113 Å². The van der Waals surface area contributed by atoms with Gasteiger partial charge < -0.3 is 5.32 Å². The highest BCUT2D eigenvalue weighted by molar-refractivity contribution is 5.96. The summed E-state index contributed by atoms with van der Waals surface area (Å²) in [5.74, 6) is 0. The fourth-order valence-electron chi connectivity index (χ4n) is 2.42. The Bertz CT molecular complexity index is 699. The normalized spacial score (nSPS) is 10.8. The summed E-state index contributed by atoms with van der Waals surface area (Å²) in [7, 11) is 1.97. The zero-order chi connectivity index (χ0) is 13.1. The molecule has 0 aliphatic carbocycles. The molecule has 0 saturated heterocycles. The Morgan fingerprint density at radius 1 is 1.05 bits per heavy atom. The van der Waals surface area contributed by atoms with Gasteiger partial charge in [-0.15, -0.1) is 0 Å². The largest absolute Gasteiger partial charge is 0.316 e. The Hall–Kier alpha value is -2.19. The molecular weight excluding hydrogens is 232 g/mol. The molecule has 0 saturated carbocycles. The minimum absolute atomic E-state index is 0.886. The second kappa shape index (κ2) is 5.21. The number of fused-ring (bicyclic) bond motifs is 1. The average molecular weight is 248 g/mol. The maximum atomic E-state index is 4.25. The number of aromatic nitrogens is 1. The lowest BCUT2D eigenvalue weighted by Crippen LogP contribution is -2.04. The minimum Gasteiger partial charge on any atom is -0.316 e. The van der Waals surface area contributed by atoms with Gasteiger partial charge in [-0.3, -0.25) is 4.98 Å². The van der Waals surface area contributed by atoms with E-state index in [-0.39, 0.29) is 0 Å². The highest BCUT2D eigenvalue weighted by Crippen LogP contribution is 2.28. The Morgan fingerprint density at radius 2 is 1.95 bits per heavy atom.